The number of thioether (sulfide) groups is 1. The van der Waals surface area contributed by atoms with Crippen LogP contribution in [0.5, 0.6) is 0 Å². The fraction of sp³-hybridized carbons (Fsp3) is 0.474. The van der Waals surface area contributed by atoms with Crippen LogP contribution in [0.3, 0.4) is 0 Å². The minimum atomic E-state index is 0.0673. The summed E-state index contributed by atoms with van der Waals surface area (Å²) in [6.07, 6.45) is 8.09. The molecule has 0 spiro atoms. The van der Waals surface area contributed by atoms with Crippen molar-refractivity contribution in [3.05, 3.63) is 24.3 Å². The second-order valence-corrected chi connectivity index (χ2v) is 7.28. The summed E-state index contributed by atoms with van der Waals surface area (Å²) >= 11 is 1.64. The number of hydrogen-bond donors (Lipinski definition) is 2. The van der Waals surface area contributed by atoms with Crippen molar-refractivity contribution in [1.29, 1.82) is 0 Å². The normalized spacial score (nSPS) is 18.5. The van der Waals surface area contributed by atoms with Gasteiger partial charge < -0.3 is 10.6 Å². The van der Waals surface area contributed by atoms with E-state index in [0.29, 0.717) is 12.5 Å². The first kappa shape index (κ1) is 18.0. The number of rotatable bonds is 5. The maximum absolute atomic E-state index is 12.4. The van der Waals surface area contributed by atoms with Gasteiger partial charge in [-0.15, -0.1) is 11.8 Å². The standard InChI is InChI=1S/C19H26N4OS/c1-4-13(2)23-17-11-15(8-9-16(17)19(22-23)25-3)21-18(24)12-14-7-5-6-10-20-14/h4,8-9,11,14,20H,5-7,10,12H2,1-3H3,(H,21,24). The Morgan fingerprint density at radius 2 is 2.32 bits per heavy atom. The molecule has 1 fully saturated rings. The lowest BCUT2D eigenvalue weighted by atomic mass is 10.0. The van der Waals surface area contributed by atoms with Gasteiger partial charge in [-0.05, 0) is 57.7 Å². The van der Waals surface area contributed by atoms with Gasteiger partial charge in [0.05, 0.1) is 5.52 Å². The molecule has 25 heavy (non-hydrogen) atoms. The maximum Gasteiger partial charge on any atom is 0.225 e. The number of carbonyl (C=O) groups excluding carboxylic acids is 1. The molecule has 0 radical (unpaired) electrons. The Hall–Kier alpha value is -1.79. The van der Waals surface area contributed by atoms with Crippen LogP contribution in [0.4, 0.5) is 5.69 Å². The second-order valence-electron chi connectivity index (χ2n) is 6.48. The van der Waals surface area contributed by atoms with Gasteiger partial charge >= 0.3 is 0 Å². The van der Waals surface area contributed by atoms with E-state index in [1.165, 1.54) is 12.8 Å². The van der Waals surface area contributed by atoms with Gasteiger partial charge in [0, 0.05) is 29.2 Å². The molecule has 1 saturated heterocycles. The van der Waals surface area contributed by atoms with E-state index in [9.17, 15) is 4.79 Å². The summed E-state index contributed by atoms with van der Waals surface area (Å²) in [4.78, 5) is 12.4. The van der Waals surface area contributed by atoms with E-state index in [2.05, 4.69) is 15.7 Å². The number of carbonyl (C=O) groups is 1. The van der Waals surface area contributed by atoms with Crippen molar-refractivity contribution in [3.8, 4) is 0 Å². The van der Waals surface area contributed by atoms with Crippen LogP contribution in [0.15, 0.2) is 29.3 Å². The molecule has 2 N–H and O–H groups in total. The number of allylic oxidation sites excluding steroid dienone is 2. The van der Waals surface area contributed by atoms with Crippen molar-refractivity contribution in [1.82, 2.24) is 15.1 Å². The average molecular weight is 359 g/mol. The number of piperidine rings is 1. The van der Waals surface area contributed by atoms with Crippen molar-refractivity contribution in [2.45, 2.75) is 50.6 Å². The molecule has 0 bridgehead atoms. The summed E-state index contributed by atoms with van der Waals surface area (Å²) in [6, 6.07) is 6.32. The first-order valence-corrected chi connectivity index (χ1v) is 10.1. The fourth-order valence-corrected chi connectivity index (χ4v) is 3.80. The summed E-state index contributed by atoms with van der Waals surface area (Å²) in [5, 5.41) is 13.3. The summed E-state index contributed by atoms with van der Waals surface area (Å²) in [6.45, 7) is 5.06. The summed E-state index contributed by atoms with van der Waals surface area (Å²) in [7, 11) is 0. The van der Waals surface area contributed by atoms with E-state index < -0.39 is 0 Å². The van der Waals surface area contributed by atoms with Crippen molar-refractivity contribution in [3.63, 3.8) is 0 Å². The minimum absolute atomic E-state index is 0.0673. The molecule has 1 aliphatic rings. The second kappa shape index (κ2) is 8.06. The van der Waals surface area contributed by atoms with Crippen LogP contribution in [0, 0.1) is 0 Å². The monoisotopic (exact) mass is 358 g/mol. The lowest BCUT2D eigenvalue weighted by molar-refractivity contribution is -0.116. The van der Waals surface area contributed by atoms with Gasteiger partial charge in [-0.2, -0.15) is 5.10 Å². The van der Waals surface area contributed by atoms with E-state index in [1.807, 2.05) is 49.1 Å². The molecule has 5 nitrogen and oxygen atoms in total. The Morgan fingerprint density at radius 3 is 3.00 bits per heavy atom. The number of benzene rings is 1. The smallest absolute Gasteiger partial charge is 0.225 e. The molecule has 1 aromatic carbocycles. The van der Waals surface area contributed by atoms with Crippen LogP contribution in [0.1, 0.15) is 39.5 Å². The van der Waals surface area contributed by atoms with Gasteiger partial charge in [-0.25, -0.2) is 4.68 Å². The SMILES string of the molecule is CC=C(C)n1nc(SC)c2ccc(NC(=O)CC3CCCCN3)cc21. The van der Waals surface area contributed by atoms with Crippen LogP contribution in [0.25, 0.3) is 16.6 Å². The van der Waals surface area contributed by atoms with E-state index in [4.69, 9.17) is 0 Å². The zero-order valence-corrected chi connectivity index (χ0v) is 15.9. The van der Waals surface area contributed by atoms with Gasteiger partial charge in [-0.3, -0.25) is 4.79 Å². The molecule has 2 aromatic rings. The lowest BCUT2D eigenvalue weighted by Crippen LogP contribution is -2.36. The highest BCUT2D eigenvalue weighted by molar-refractivity contribution is 7.98. The van der Waals surface area contributed by atoms with Gasteiger partial charge in [-0.1, -0.05) is 12.5 Å². The molecular weight excluding hydrogens is 332 g/mol. The zero-order valence-electron chi connectivity index (χ0n) is 15.1. The third-order valence-corrected chi connectivity index (χ3v) is 5.41. The van der Waals surface area contributed by atoms with Crippen LogP contribution in [0.2, 0.25) is 0 Å². The molecule has 2 heterocycles. The van der Waals surface area contributed by atoms with Crippen molar-refractivity contribution in [2.75, 3.05) is 18.1 Å². The third kappa shape index (κ3) is 4.07. The van der Waals surface area contributed by atoms with Crippen LogP contribution in [-0.4, -0.2) is 34.5 Å². The number of anilines is 1. The number of fused-ring (bicyclic) bond motifs is 1. The predicted molar refractivity (Wildman–Crippen MR) is 106 cm³/mol. The molecule has 3 rings (SSSR count). The Labute approximate surface area is 153 Å². The van der Waals surface area contributed by atoms with Crippen molar-refractivity contribution < 1.29 is 4.79 Å². The molecule has 1 aromatic heterocycles. The lowest BCUT2D eigenvalue weighted by Gasteiger charge is -2.22. The molecule has 0 saturated carbocycles. The molecular formula is C19H26N4OS. The highest BCUT2D eigenvalue weighted by Crippen LogP contribution is 2.29. The van der Waals surface area contributed by atoms with Crippen molar-refractivity contribution in [2.24, 2.45) is 0 Å². The number of nitrogens with zero attached hydrogens (tertiary/aromatic N) is 2. The molecule has 0 aliphatic carbocycles. The van der Waals surface area contributed by atoms with E-state index in [-0.39, 0.29) is 5.91 Å². The predicted octanol–water partition coefficient (Wildman–Crippen LogP) is 4.11. The quantitative estimate of drug-likeness (QED) is 0.790. The van der Waals surface area contributed by atoms with Crippen LogP contribution in [-0.2, 0) is 4.79 Å². The van der Waals surface area contributed by atoms with E-state index >= 15 is 0 Å². The molecule has 134 valence electrons. The minimum Gasteiger partial charge on any atom is -0.326 e. The van der Waals surface area contributed by atoms with Gasteiger partial charge in [0.1, 0.15) is 5.03 Å². The van der Waals surface area contributed by atoms with Crippen LogP contribution >= 0.6 is 11.8 Å². The molecule has 1 unspecified atom stereocenters. The molecule has 6 heteroatoms. The maximum atomic E-state index is 12.4. The first-order valence-electron chi connectivity index (χ1n) is 8.85. The average Bonchev–Trinajstić information content (AvgIpc) is 3.00. The summed E-state index contributed by atoms with van der Waals surface area (Å²) in [5.41, 5.74) is 2.92. The number of hydrogen-bond acceptors (Lipinski definition) is 4. The van der Waals surface area contributed by atoms with Gasteiger partial charge in [0.15, 0.2) is 0 Å². The Bertz CT molecular complexity index is 790. The number of nitrogens with one attached hydrogen (secondary N) is 2. The van der Waals surface area contributed by atoms with E-state index in [0.717, 1.165) is 40.3 Å². The van der Waals surface area contributed by atoms with E-state index in [1.54, 1.807) is 11.8 Å². The van der Waals surface area contributed by atoms with Gasteiger partial charge in [0.2, 0.25) is 5.91 Å². The molecule has 1 atom stereocenters. The van der Waals surface area contributed by atoms with Crippen LogP contribution < -0.4 is 10.6 Å². The fourth-order valence-electron chi connectivity index (χ4n) is 3.24. The molecule has 1 aliphatic heterocycles. The summed E-state index contributed by atoms with van der Waals surface area (Å²) in [5.74, 6) is 0.0673. The Morgan fingerprint density at radius 1 is 1.48 bits per heavy atom. The Kier molecular flexibility index (Phi) is 5.81. The highest BCUT2D eigenvalue weighted by Gasteiger charge is 2.17. The van der Waals surface area contributed by atoms with Gasteiger partial charge in [0.25, 0.3) is 0 Å². The number of amides is 1. The third-order valence-electron chi connectivity index (χ3n) is 4.72. The molecule has 1 amide bonds. The topological polar surface area (TPSA) is 59.0 Å². The largest absolute Gasteiger partial charge is 0.326 e. The Balaban J connectivity index is 1.81. The highest BCUT2D eigenvalue weighted by atomic mass is 32.2. The zero-order chi connectivity index (χ0) is 17.8. The number of aromatic nitrogens is 2. The van der Waals surface area contributed by atoms with Crippen molar-refractivity contribution >= 4 is 40.0 Å². The first-order chi connectivity index (χ1) is 12.1. The summed E-state index contributed by atoms with van der Waals surface area (Å²) < 4.78 is 1.94.